The fourth-order valence-electron chi connectivity index (χ4n) is 1.27. The van der Waals surface area contributed by atoms with E-state index in [1.807, 2.05) is 6.07 Å². The maximum Gasteiger partial charge on any atom is 0.110 e. The second-order valence-corrected chi connectivity index (χ2v) is 3.39. The lowest BCUT2D eigenvalue weighted by atomic mass is 9.85. The monoisotopic (exact) mass is 166 g/mol. The summed E-state index contributed by atoms with van der Waals surface area (Å²) in [5, 5.41) is 0. The molecule has 0 atom stereocenters. The van der Waals surface area contributed by atoms with Crippen molar-refractivity contribution in [3.63, 3.8) is 0 Å². The van der Waals surface area contributed by atoms with E-state index in [2.05, 4.69) is 9.97 Å². The maximum atomic E-state index is 5.00. The van der Waals surface area contributed by atoms with Gasteiger partial charge in [-0.25, -0.2) is 4.98 Å². The van der Waals surface area contributed by atoms with Gasteiger partial charge in [0.15, 0.2) is 0 Å². The molecule has 0 spiro atoms. The molecule has 11 heavy (non-hydrogen) atoms. The van der Waals surface area contributed by atoms with Gasteiger partial charge in [-0.05, 0) is 18.9 Å². The lowest BCUT2D eigenvalue weighted by Crippen LogP contribution is -2.12. The second-order valence-electron chi connectivity index (χ2n) is 2.95. The van der Waals surface area contributed by atoms with Crippen LogP contribution in [0.5, 0.6) is 0 Å². The van der Waals surface area contributed by atoms with Crippen LogP contribution in [0.2, 0.25) is 0 Å². The Bertz CT molecular complexity index is 301. The predicted octanol–water partition coefficient (Wildman–Crippen LogP) is 2.41. The minimum Gasteiger partial charge on any atom is -0.335 e. The van der Waals surface area contributed by atoms with Crippen molar-refractivity contribution in [3.8, 4) is 0 Å². The van der Waals surface area contributed by atoms with Crippen molar-refractivity contribution < 1.29 is 0 Å². The van der Waals surface area contributed by atoms with Crippen LogP contribution in [0.3, 0.4) is 0 Å². The highest BCUT2D eigenvalue weighted by Gasteiger charge is 2.20. The van der Waals surface area contributed by atoms with Crippen molar-refractivity contribution in [1.29, 1.82) is 0 Å². The molecule has 1 fully saturated rings. The number of nitrogens with one attached hydrogen (secondary N) is 1. The molecule has 1 aliphatic carbocycles. The van der Waals surface area contributed by atoms with E-state index in [9.17, 15) is 0 Å². The van der Waals surface area contributed by atoms with Crippen LogP contribution in [-0.4, -0.2) is 9.97 Å². The van der Waals surface area contributed by atoms with Crippen molar-refractivity contribution >= 4 is 12.2 Å². The first-order valence-electron chi connectivity index (χ1n) is 3.91. The van der Waals surface area contributed by atoms with Crippen LogP contribution in [-0.2, 0) is 0 Å². The molecule has 1 N–H and O–H groups in total. The van der Waals surface area contributed by atoms with Gasteiger partial charge < -0.3 is 4.98 Å². The Balaban J connectivity index is 2.30. The number of hydrogen-bond acceptors (Lipinski definition) is 2. The maximum absolute atomic E-state index is 5.00. The average Bonchev–Trinajstić information content (AvgIpc) is 1.83. The van der Waals surface area contributed by atoms with Gasteiger partial charge in [0.2, 0.25) is 0 Å². The number of aromatic amines is 1. The van der Waals surface area contributed by atoms with E-state index in [-0.39, 0.29) is 0 Å². The van der Waals surface area contributed by atoms with E-state index < -0.39 is 0 Å². The summed E-state index contributed by atoms with van der Waals surface area (Å²) in [6.45, 7) is 0. The summed E-state index contributed by atoms with van der Waals surface area (Å²) in [6, 6.07) is 1.82. The molecule has 1 heterocycles. The third kappa shape index (κ3) is 1.33. The van der Waals surface area contributed by atoms with E-state index in [1.165, 1.54) is 19.3 Å². The lowest BCUT2D eigenvalue weighted by molar-refractivity contribution is 0.401. The van der Waals surface area contributed by atoms with Crippen LogP contribution < -0.4 is 0 Å². The highest BCUT2D eigenvalue weighted by molar-refractivity contribution is 7.71. The SMILES string of the molecule is S=c1ccnc(C2CCC2)[nH]1. The highest BCUT2D eigenvalue weighted by Crippen LogP contribution is 2.33. The zero-order chi connectivity index (χ0) is 7.68. The fourth-order valence-corrected chi connectivity index (χ4v) is 1.44. The molecule has 0 unspecified atom stereocenters. The summed E-state index contributed by atoms with van der Waals surface area (Å²) < 4.78 is 0.793. The van der Waals surface area contributed by atoms with Crippen LogP contribution in [0.25, 0.3) is 0 Å². The quantitative estimate of drug-likeness (QED) is 0.649. The third-order valence-electron chi connectivity index (χ3n) is 2.18. The zero-order valence-corrected chi connectivity index (χ0v) is 7.03. The van der Waals surface area contributed by atoms with Crippen LogP contribution in [0.1, 0.15) is 31.0 Å². The first-order chi connectivity index (χ1) is 5.36. The molecule has 0 amide bonds. The Morgan fingerprint density at radius 2 is 2.36 bits per heavy atom. The van der Waals surface area contributed by atoms with Gasteiger partial charge in [-0.1, -0.05) is 18.6 Å². The molecule has 1 aromatic rings. The molecule has 0 saturated heterocycles. The van der Waals surface area contributed by atoms with E-state index in [4.69, 9.17) is 12.2 Å². The van der Waals surface area contributed by atoms with Gasteiger partial charge in [-0.15, -0.1) is 0 Å². The molecule has 58 valence electrons. The highest BCUT2D eigenvalue weighted by atomic mass is 32.1. The molecule has 2 nitrogen and oxygen atoms in total. The first-order valence-corrected chi connectivity index (χ1v) is 4.32. The van der Waals surface area contributed by atoms with Crippen molar-refractivity contribution in [2.24, 2.45) is 0 Å². The predicted molar refractivity (Wildman–Crippen MR) is 46.0 cm³/mol. The normalized spacial score (nSPS) is 17.8. The van der Waals surface area contributed by atoms with Crippen LogP contribution in [0, 0.1) is 4.64 Å². The number of hydrogen-bond donors (Lipinski definition) is 1. The van der Waals surface area contributed by atoms with Gasteiger partial charge in [0.05, 0.1) is 0 Å². The van der Waals surface area contributed by atoms with Gasteiger partial charge in [0.25, 0.3) is 0 Å². The summed E-state index contributed by atoms with van der Waals surface area (Å²) >= 11 is 5.00. The summed E-state index contributed by atoms with van der Waals surface area (Å²) in [4.78, 5) is 7.35. The van der Waals surface area contributed by atoms with Gasteiger partial charge in [-0.2, -0.15) is 0 Å². The van der Waals surface area contributed by atoms with E-state index in [0.29, 0.717) is 5.92 Å². The topological polar surface area (TPSA) is 28.7 Å². The van der Waals surface area contributed by atoms with Crippen molar-refractivity contribution in [2.45, 2.75) is 25.2 Å². The third-order valence-corrected chi connectivity index (χ3v) is 2.42. The van der Waals surface area contributed by atoms with Crippen molar-refractivity contribution in [2.75, 3.05) is 0 Å². The molecule has 0 radical (unpaired) electrons. The van der Waals surface area contributed by atoms with Crippen LogP contribution in [0.4, 0.5) is 0 Å². The van der Waals surface area contributed by atoms with Gasteiger partial charge >= 0.3 is 0 Å². The van der Waals surface area contributed by atoms with Crippen molar-refractivity contribution in [1.82, 2.24) is 9.97 Å². The Hall–Kier alpha value is -0.700. The molecular formula is C8H10N2S. The zero-order valence-electron chi connectivity index (χ0n) is 6.21. The number of H-pyrrole nitrogens is 1. The smallest absolute Gasteiger partial charge is 0.110 e. The summed E-state index contributed by atoms with van der Waals surface area (Å²) in [6.07, 6.45) is 5.65. The molecule has 1 aromatic heterocycles. The largest absolute Gasteiger partial charge is 0.335 e. The molecule has 0 bridgehead atoms. The van der Waals surface area contributed by atoms with Crippen LogP contribution in [0.15, 0.2) is 12.3 Å². The molecule has 3 heteroatoms. The van der Waals surface area contributed by atoms with Crippen LogP contribution >= 0.6 is 12.2 Å². The van der Waals surface area contributed by atoms with Crippen molar-refractivity contribution in [3.05, 3.63) is 22.7 Å². The molecule has 0 aliphatic heterocycles. The number of aromatic nitrogens is 2. The number of nitrogens with zero attached hydrogens (tertiary/aromatic N) is 1. The van der Waals surface area contributed by atoms with Gasteiger partial charge in [-0.3, -0.25) is 0 Å². The van der Waals surface area contributed by atoms with Gasteiger partial charge in [0, 0.05) is 12.1 Å². The van der Waals surface area contributed by atoms with E-state index in [0.717, 1.165) is 10.5 Å². The Morgan fingerprint density at radius 3 is 2.91 bits per heavy atom. The molecule has 2 rings (SSSR count). The molecule has 1 aliphatic rings. The molecule has 0 aromatic carbocycles. The second kappa shape index (κ2) is 2.74. The number of rotatable bonds is 1. The standard InChI is InChI=1S/C8H10N2S/c11-7-4-5-9-8(10-7)6-2-1-3-6/h4-6H,1-3H2,(H,9,10,11). The fraction of sp³-hybridized carbons (Fsp3) is 0.500. The van der Waals surface area contributed by atoms with E-state index >= 15 is 0 Å². The minimum atomic E-state index is 0.651. The van der Waals surface area contributed by atoms with Gasteiger partial charge in [0.1, 0.15) is 10.5 Å². The minimum absolute atomic E-state index is 0.651. The lowest BCUT2D eigenvalue weighted by Gasteiger charge is -2.23. The Morgan fingerprint density at radius 1 is 1.55 bits per heavy atom. The summed E-state index contributed by atoms with van der Waals surface area (Å²) in [5.74, 6) is 1.72. The summed E-state index contributed by atoms with van der Waals surface area (Å²) in [5.41, 5.74) is 0. The summed E-state index contributed by atoms with van der Waals surface area (Å²) in [7, 11) is 0. The Labute approximate surface area is 70.7 Å². The molecule has 1 saturated carbocycles. The molecular weight excluding hydrogens is 156 g/mol. The average molecular weight is 166 g/mol. The van der Waals surface area contributed by atoms with E-state index in [1.54, 1.807) is 6.20 Å². The Kier molecular flexibility index (Phi) is 1.74. The first kappa shape index (κ1) is 6.98.